The number of ether oxygens (including phenoxy) is 1. The molecule has 0 heterocycles. The molecule has 1 rings (SSSR count). The van der Waals surface area contributed by atoms with Gasteiger partial charge in [0.05, 0.1) is 12.5 Å². The Bertz CT molecular complexity index is 210. The Morgan fingerprint density at radius 1 is 1.77 bits per heavy atom. The van der Waals surface area contributed by atoms with Gasteiger partial charge < -0.3 is 4.74 Å². The Morgan fingerprint density at radius 2 is 2.46 bits per heavy atom. The molecule has 2 heteroatoms. The Labute approximate surface area is 80.0 Å². The van der Waals surface area contributed by atoms with E-state index in [1.165, 1.54) is 7.11 Å². The van der Waals surface area contributed by atoms with Crippen molar-refractivity contribution in [2.75, 3.05) is 7.11 Å². The summed E-state index contributed by atoms with van der Waals surface area (Å²) in [5.41, 5.74) is -0.261. The molecule has 1 aliphatic carbocycles. The molecule has 0 saturated heterocycles. The van der Waals surface area contributed by atoms with Crippen LogP contribution >= 0.6 is 0 Å². The van der Waals surface area contributed by atoms with Gasteiger partial charge in [0.2, 0.25) is 0 Å². The number of hydrogen-bond donors (Lipinski definition) is 0. The molecule has 0 amide bonds. The van der Waals surface area contributed by atoms with Crippen molar-refractivity contribution >= 4 is 5.97 Å². The van der Waals surface area contributed by atoms with Gasteiger partial charge in [0, 0.05) is 0 Å². The monoisotopic (exact) mass is 182 g/mol. The summed E-state index contributed by atoms with van der Waals surface area (Å²) in [5, 5.41) is 0. The van der Waals surface area contributed by atoms with Crippen LogP contribution in [-0.2, 0) is 9.53 Å². The van der Waals surface area contributed by atoms with Crippen LogP contribution in [0.2, 0.25) is 0 Å². The molecule has 0 bridgehead atoms. The molecular formula is C11H18O2. The first kappa shape index (κ1) is 10.3. The third-order valence-corrected chi connectivity index (χ3v) is 3.25. The number of carbonyl (C=O) groups excluding carboxylic acids is 1. The lowest BCUT2D eigenvalue weighted by atomic mass is 9.78. The van der Waals surface area contributed by atoms with E-state index in [0.717, 1.165) is 25.7 Å². The second-order valence-corrected chi connectivity index (χ2v) is 4.02. The van der Waals surface area contributed by atoms with E-state index in [1.807, 2.05) is 13.0 Å². The first-order valence-corrected chi connectivity index (χ1v) is 4.84. The molecule has 0 spiro atoms. The molecule has 0 aliphatic heterocycles. The Kier molecular flexibility index (Phi) is 3.12. The van der Waals surface area contributed by atoms with Crippen LogP contribution < -0.4 is 0 Å². The maximum Gasteiger partial charge on any atom is 0.311 e. The largest absolute Gasteiger partial charge is 0.469 e. The topological polar surface area (TPSA) is 26.3 Å². The third-order valence-electron chi connectivity index (χ3n) is 3.25. The predicted octanol–water partition coefficient (Wildman–Crippen LogP) is 2.54. The summed E-state index contributed by atoms with van der Waals surface area (Å²) >= 11 is 0. The minimum Gasteiger partial charge on any atom is -0.469 e. The van der Waals surface area contributed by atoms with Crippen LogP contribution in [0, 0.1) is 11.3 Å². The molecule has 13 heavy (non-hydrogen) atoms. The van der Waals surface area contributed by atoms with E-state index in [1.54, 1.807) is 0 Å². The normalized spacial score (nSPS) is 32.9. The Morgan fingerprint density at radius 3 is 3.00 bits per heavy atom. The fourth-order valence-electron chi connectivity index (χ4n) is 2.32. The van der Waals surface area contributed by atoms with E-state index < -0.39 is 0 Å². The molecule has 74 valence electrons. The van der Waals surface area contributed by atoms with Gasteiger partial charge in [0.1, 0.15) is 0 Å². The summed E-state index contributed by atoms with van der Waals surface area (Å²) in [6.45, 7) is 5.74. The van der Waals surface area contributed by atoms with Gasteiger partial charge in [-0.15, -0.1) is 6.58 Å². The maximum absolute atomic E-state index is 11.6. The van der Waals surface area contributed by atoms with Gasteiger partial charge in [-0.2, -0.15) is 0 Å². The lowest BCUT2D eigenvalue weighted by Gasteiger charge is -2.27. The van der Waals surface area contributed by atoms with E-state index in [4.69, 9.17) is 4.74 Å². The number of esters is 1. The molecule has 0 unspecified atom stereocenters. The Hall–Kier alpha value is -0.790. The molecule has 1 saturated carbocycles. The van der Waals surface area contributed by atoms with Gasteiger partial charge in [0.25, 0.3) is 0 Å². The smallest absolute Gasteiger partial charge is 0.311 e. The second-order valence-electron chi connectivity index (χ2n) is 4.02. The fourth-order valence-corrected chi connectivity index (χ4v) is 2.32. The van der Waals surface area contributed by atoms with Crippen molar-refractivity contribution in [3.8, 4) is 0 Å². The SMILES string of the molecule is C=CC[C@H]1CCC[C@@]1(C)C(=O)OC. The number of carbonyl (C=O) groups is 1. The second kappa shape index (κ2) is 3.95. The van der Waals surface area contributed by atoms with E-state index in [9.17, 15) is 4.79 Å². The molecular weight excluding hydrogens is 164 g/mol. The average molecular weight is 182 g/mol. The standard InChI is InChI=1S/C11H18O2/c1-4-6-9-7-5-8-11(9,2)10(12)13-3/h4,9H,1,5-8H2,2-3H3/t9-,11+/m0/s1. The van der Waals surface area contributed by atoms with Crippen LogP contribution in [0.5, 0.6) is 0 Å². The number of rotatable bonds is 3. The molecule has 0 radical (unpaired) electrons. The molecule has 1 aliphatic rings. The van der Waals surface area contributed by atoms with Crippen molar-refractivity contribution in [3.63, 3.8) is 0 Å². The molecule has 0 aromatic rings. The molecule has 2 atom stereocenters. The van der Waals surface area contributed by atoms with Crippen molar-refractivity contribution < 1.29 is 9.53 Å². The molecule has 2 nitrogen and oxygen atoms in total. The predicted molar refractivity (Wildman–Crippen MR) is 52.3 cm³/mol. The quantitative estimate of drug-likeness (QED) is 0.495. The summed E-state index contributed by atoms with van der Waals surface area (Å²) in [6, 6.07) is 0. The zero-order chi connectivity index (χ0) is 9.90. The fraction of sp³-hybridized carbons (Fsp3) is 0.727. The van der Waals surface area contributed by atoms with Crippen molar-refractivity contribution in [2.24, 2.45) is 11.3 Å². The van der Waals surface area contributed by atoms with E-state index >= 15 is 0 Å². The number of allylic oxidation sites excluding steroid dienone is 1. The highest BCUT2D eigenvalue weighted by molar-refractivity contribution is 5.77. The minimum atomic E-state index is -0.261. The maximum atomic E-state index is 11.6. The number of hydrogen-bond acceptors (Lipinski definition) is 2. The van der Waals surface area contributed by atoms with Crippen molar-refractivity contribution in [1.82, 2.24) is 0 Å². The van der Waals surface area contributed by atoms with Gasteiger partial charge in [-0.3, -0.25) is 4.79 Å². The zero-order valence-electron chi connectivity index (χ0n) is 8.51. The Balaban J connectivity index is 2.74. The van der Waals surface area contributed by atoms with Gasteiger partial charge in [-0.1, -0.05) is 12.5 Å². The highest BCUT2D eigenvalue weighted by atomic mass is 16.5. The van der Waals surface area contributed by atoms with Crippen molar-refractivity contribution in [3.05, 3.63) is 12.7 Å². The molecule has 0 N–H and O–H groups in total. The molecule has 0 aromatic carbocycles. The van der Waals surface area contributed by atoms with Crippen molar-refractivity contribution in [1.29, 1.82) is 0 Å². The van der Waals surface area contributed by atoms with Crippen LogP contribution in [0.1, 0.15) is 32.6 Å². The lowest BCUT2D eigenvalue weighted by Crippen LogP contribution is -2.32. The number of methoxy groups -OCH3 is 1. The van der Waals surface area contributed by atoms with E-state index in [-0.39, 0.29) is 11.4 Å². The highest BCUT2D eigenvalue weighted by Crippen LogP contribution is 2.45. The van der Waals surface area contributed by atoms with E-state index in [2.05, 4.69) is 6.58 Å². The van der Waals surface area contributed by atoms with Crippen LogP contribution in [0.3, 0.4) is 0 Å². The van der Waals surface area contributed by atoms with Gasteiger partial charge in [-0.05, 0) is 32.1 Å². The summed E-state index contributed by atoms with van der Waals surface area (Å²) in [7, 11) is 1.47. The lowest BCUT2D eigenvalue weighted by molar-refractivity contribution is -0.153. The van der Waals surface area contributed by atoms with Crippen LogP contribution in [0.4, 0.5) is 0 Å². The van der Waals surface area contributed by atoms with Gasteiger partial charge >= 0.3 is 5.97 Å². The van der Waals surface area contributed by atoms with Gasteiger partial charge in [0.15, 0.2) is 0 Å². The average Bonchev–Trinajstić information content (AvgIpc) is 2.49. The minimum absolute atomic E-state index is 0.0585. The van der Waals surface area contributed by atoms with Crippen LogP contribution in [0.15, 0.2) is 12.7 Å². The van der Waals surface area contributed by atoms with Crippen molar-refractivity contribution in [2.45, 2.75) is 32.6 Å². The summed E-state index contributed by atoms with van der Waals surface area (Å²) in [6.07, 6.45) is 6.03. The summed E-state index contributed by atoms with van der Waals surface area (Å²) < 4.78 is 4.84. The van der Waals surface area contributed by atoms with Gasteiger partial charge in [-0.25, -0.2) is 0 Å². The first-order valence-electron chi connectivity index (χ1n) is 4.84. The van der Waals surface area contributed by atoms with E-state index in [0.29, 0.717) is 5.92 Å². The summed E-state index contributed by atoms with van der Waals surface area (Å²) in [5.74, 6) is 0.370. The summed E-state index contributed by atoms with van der Waals surface area (Å²) in [4.78, 5) is 11.6. The molecule has 0 aromatic heterocycles. The third kappa shape index (κ3) is 1.77. The highest BCUT2D eigenvalue weighted by Gasteiger charge is 2.44. The first-order chi connectivity index (χ1) is 6.15. The van der Waals surface area contributed by atoms with Crippen LogP contribution in [0.25, 0.3) is 0 Å². The zero-order valence-corrected chi connectivity index (χ0v) is 8.51. The molecule has 1 fully saturated rings. The van der Waals surface area contributed by atoms with Crippen LogP contribution in [-0.4, -0.2) is 13.1 Å².